The van der Waals surface area contributed by atoms with E-state index >= 15 is 0 Å². The van der Waals surface area contributed by atoms with Gasteiger partial charge in [0.25, 0.3) is 0 Å². The van der Waals surface area contributed by atoms with Gasteiger partial charge in [0.05, 0.1) is 18.8 Å². The Labute approximate surface area is 235 Å². The Kier molecular flexibility index (Phi) is 9.47. The number of nitrogens with zero attached hydrogens (tertiary/aromatic N) is 1. The summed E-state index contributed by atoms with van der Waals surface area (Å²) in [5.74, 6) is 4.36. The normalized spacial score (nSPS) is 22.0. The van der Waals surface area contributed by atoms with Gasteiger partial charge in [-0.15, -0.1) is 18.8 Å². The highest BCUT2D eigenvalue weighted by Gasteiger charge is 2.44. The zero-order valence-corrected chi connectivity index (χ0v) is 22.8. The summed E-state index contributed by atoms with van der Waals surface area (Å²) >= 11 is 0. The highest BCUT2D eigenvalue weighted by molar-refractivity contribution is 5.88. The summed E-state index contributed by atoms with van der Waals surface area (Å²) in [6.45, 7) is 0.488. The standard InChI is InChI=1S/C32H36FN3O4/c1-4-9-28-31(39)35-27(29(37)21-34-32(13-14-32)24-11-8-10-22(5-2)16-24)19-23-17-25(33)20-26(18-23)40-15-7-6-12-30(38)36(28)3/h1-2,8,10-11,16-18,20,27-29,34,37H,6-7,9,12-15,19,21H2,3H3,(H,35,39)/t27-,28?,29+/m0/s1. The predicted octanol–water partition coefficient (Wildman–Crippen LogP) is 2.89. The van der Waals surface area contributed by atoms with Crippen LogP contribution in [0.5, 0.6) is 5.75 Å². The van der Waals surface area contributed by atoms with Gasteiger partial charge >= 0.3 is 0 Å². The van der Waals surface area contributed by atoms with E-state index in [1.807, 2.05) is 24.3 Å². The molecule has 7 nitrogen and oxygen atoms in total. The number of carbonyl (C=O) groups excluding carboxylic acids is 2. The first-order chi connectivity index (χ1) is 19.2. The van der Waals surface area contributed by atoms with Crippen molar-refractivity contribution in [3.05, 3.63) is 65.0 Å². The number of terminal acetylenes is 2. The van der Waals surface area contributed by atoms with Gasteiger partial charge in [-0.1, -0.05) is 18.1 Å². The van der Waals surface area contributed by atoms with E-state index in [9.17, 15) is 19.1 Å². The number of benzene rings is 2. The molecule has 8 heteroatoms. The minimum absolute atomic E-state index is 0.0248. The highest BCUT2D eigenvalue weighted by atomic mass is 19.1. The fourth-order valence-electron chi connectivity index (χ4n) is 5.12. The van der Waals surface area contributed by atoms with Gasteiger partial charge in [0.1, 0.15) is 17.6 Å². The molecule has 3 atom stereocenters. The number of hydrogen-bond donors (Lipinski definition) is 3. The number of aliphatic hydroxyl groups excluding tert-OH is 1. The third-order valence-corrected chi connectivity index (χ3v) is 7.69. The number of amides is 2. The average Bonchev–Trinajstić information content (AvgIpc) is 3.74. The quantitative estimate of drug-likeness (QED) is 0.486. The molecule has 2 aliphatic rings. The monoisotopic (exact) mass is 545 g/mol. The van der Waals surface area contributed by atoms with Crippen LogP contribution < -0.4 is 15.4 Å². The van der Waals surface area contributed by atoms with E-state index in [2.05, 4.69) is 22.5 Å². The molecule has 2 aromatic rings. The molecule has 4 rings (SSSR count). The molecule has 0 spiro atoms. The Balaban J connectivity index is 1.58. The van der Waals surface area contributed by atoms with Crippen molar-refractivity contribution in [3.63, 3.8) is 0 Å². The van der Waals surface area contributed by atoms with Gasteiger partial charge in [-0.25, -0.2) is 4.39 Å². The molecular formula is C32H36FN3O4. The number of aliphatic hydroxyl groups is 1. The van der Waals surface area contributed by atoms with Crippen LogP contribution in [0.1, 0.15) is 55.2 Å². The van der Waals surface area contributed by atoms with Crippen LogP contribution >= 0.6 is 0 Å². The van der Waals surface area contributed by atoms with Crippen molar-refractivity contribution in [2.45, 2.75) is 68.7 Å². The molecule has 1 aliphatic carbocycles. The summed E-state index contributed by atoms with van der Waals surface area (Å²) in [6.07, 6.45) is 13.4. The Morgan fingerprint density at radius 2 is 2.02 bits per heavy atom. The van der Waals surface area contributed by atoms with Crippen LogP contribution in [0.3, 0.4) is 0 Å². The first-order valence-corrected chi connectivity index (χ1v) is 13.7. The Hall–Kier alpha value is -3.85. The molecule has 0 saturated heterocycles. The van der Waals surface area contributed by atoms with Gasteiger partial charge in [0.15, 0.2) is 0 Å². The van der Waals surface area contributed by atoms with Gasteiger partial charge < -0.3 is 25.4 Å². The summed E-state index contributed by atoms with van der Waals surface area (Å²) in [6, 6.07) is 10.4. The van der Waals surface area contributed by atoms with Gasteiger partial charge in [0, 0.05) is 43.6 Å². The van der Waals surface area contributed by atoms with Crippen LogP contribution in [-0.4, -0.2) is 60.2 Å². The molecule has 2 bridgehead atoms. The topological polar surface area (TPSA) is 90.9 Å². The van der Waals surface area contributed by atoms with Crippen LogP contribution in [0.15, 0.2) is 42.5 Å². The van der Waals surface area contributed by atoms with Gasteiger partial charge in [-0.05, 0) is 67.5 Å². The van der Waals surface area contributed by atoms with Gasteiger partial charge in [0.2, 0.25) is 11.8 Å². The van der Waals surface area contributed by atoms with Crippen molar-refractivity contribution in [1.29, 1.82) is 0 Å². The predicted molar refractivity (Wildman–Crippen MR) is 151 cm³/mol. The molecule has 2 amide bonds. The second-order valence-electron chi connectivity index (χ2n) is 10.6. The molecule has 3 N–H and O–H groups in total. The SMILES string of the molecule is C#CCC1C(=O)N[C@H]([C@H](O)CNC2(c3cccc(C#C)c3)CC2)Cc2cc(F)cc(c2)OCCCCC(=O)N1C. The molecule has 1 heterocycles. The molecule has 1 saturated carbocycles. The Morgan fingerprint density at radius 1 is 1.23 bits per heavy atom. The van der Waals surface area contributed by atoms with Crippen molar-refractivity contribution in [1.82, 2.24) is 15.5 Å². The lowest BCUT2D eigenvalue weighted by molar-refractivity contribution is -0.139. The van der Waals surface area contributed by atoms with E-state index in [-0.39, 0.29) is 37.3 Å². The molecule has 1 fully saturated rings. The maximum absolute atomic E-state index is 14.5. The van der Waals surface area contributed by atoms with Gasteiger partial charge in [-0.2, -0.15) is 0 Å². The molecule has 2 aromatic carbocycles. The zero-order valence-electron chi connectivity index (χ0n) is 22.8. The van der Waals surface area contributed by atoms with Crippen molar-refractivity contribution in [2.75, 3.05) is 20.2 Å². The lowest BCUT2D eigenvalue weighted by Gasteiger charge is -2.31. The number of halogens is 1. The number of likely N-dealkylation sites (N-methyl/N-ethyl adjacent to an activating group) is 1. The second-order valence-corrected chi connectivity index (χ2v) is 10.6. The number of rotatable bonds is 6. The molecular weight excluding hydrogens is 509 g/mol. The minimum Gasteiger partial charge on any atom is -0.493 e. The molecule has 0 aromatic heterocycles. The number of fused-ring (bicyclic) bond motifs is 2. The van der Waals surface area contributed by atoms with Crippen LogP contribution in [-0.2, 0) is 21.5 Å². The maximum atomic E-state index is 14.5. The fourth-order valence-corrected chi connectivity index (χ4v) is 5.12. The van der Waals surface area contributed by atoms with E-state index in [0.29, 0.717) is 30.8 Å². The first kappa shape index (κ1) is 29.1. The number of hydrogen-bond acceptors (Lipinski definition) is 5. The average molecular weight is 546 g/mol. The fraction of sp³-hybridized carbons (Fsp3) is 0.438. The second kappa shape index (κ2) is 13.0. The molecule has 0 radical (unpaired) electrons. The van der Waals surface area contributed by atoms with E-state index < -0.39 is 29.9 Å². The number of ether oxygens (including phenoxy) is 1. The lowest BCUT2D eigenvalue weighted by Crippen LogP contribution is -2.55. The minimum atomic E-state index is -1.03. The van der Waals surface area contributed by atoms with Crippen LogP contribution in [0.2, 0.25) is 0 Å². The van der Waals surface area contributed by atoms with Crippen LogP contribution in [0, 0.1) is 30.5 Å². The third kappa shape index (κ3) is 7.21. The van der Waals surface area contributed by atoms with Gasteiger partial charge in [-0.3, -0.25) is 9.59 Å². The van der Waals surface area contributed by atoms with E-state index in [0.717, 1.165) is 24.0 Å². The largest absolute Gasteiger partial charge is 0.493 e. The number of carbonyl (C=O) groups is 2. The summed E-state index contributed by atoms with van der Waals surface area (Å²) in [5, 5.41) is 17.7. The molecule has 210 valence electrons. The molecule has 40 heavy (non-hydrogen) atoms. The van der Waals surface area contributed by atoms with E-state index in [1.165, 1.54) is 17.0 Å². The van der Waals surface area contributed by atoms with Crippen molar-refractivity contribution < 1.29 is 23.8 Å². The summed E-state index contributed by atoms with van der Waals surface area (Å²) in [4.78, 5) is 27.6. The Morgan fingerprint density at radius 3 is 2.75 bits per heavy atom. The maximum Gasteiger partial charge on any atom is 0.244 e. The zero-order chi connectivity index (χ0) is 28.7. The summed E-state index contributed by atoms with van der Waals surface area (Å²) < 4.78 is 20.2. The first-order valence-electron chi connectivity index (χ1n) is 13.7. The third-order valence-electron chi connectivity index (χ3n) is 7.69. The Bertz CT molecular complexity index is 1310. The van der Waals surface area contributed by atoms with Crippen LogP contribution in [0.4, 0.5) is 4.39 Å². The van der Waals surface area contributed by atoms with Crippen LogP contribution in [0.25, 0.3) is 0 Å². The molecule has 1 aliphatic heterocycles. The van der Waals surface area contributed by atoms with E-state index in [4.69, 9.17) is 17.6 Å². The van der Waals surface area contributed by atoms with E-state index in [1.54, 1.807) is 13.1 Å². The highest BCUT2D eigenvalue weighted by Crippen LogP contribution is 2.45. The van der Waals surface area contributed by atoms with Crippen molar-refractivity contribution in [2.24, 2.45) is 0 Å². The van der Waals surface area contributed by atoms with Crippen molar-refractivity contribution >= 4 is 11.8 Å². The smallest absolute Gasteiger partial charge is 0.244 e. The summed E-state index contributed by atoms with van der Waals surface area (Å²) in [5.41, 5.74) is 2.08. The van der Waals surface area contributed by atoms with Crippen molar-refractivity contribution in [3.8, 4) is 30.4 Å². The summed E-state index contributed by atoms with van der Waals surface area (Å²) in [7, 11) is 1.56. The lowest BCUT2D eigenvalue weighted by atomic mass is 9.98. The number of nitrogens with one attached hydrogen (secondary N) is 2. The molecule has 1 unspecified atom stereocenters.